The summed E-state index contributed by atoms with van der Waals surface area (Å²) in [5, 5.41) is 11.6. The molecule has 1 aromatic carbocycles. The number of hydrogen-bond donors (Lipinski definition) is 3. The topological polar surface area (TPSA) is 102 Å². The number of nitrogens with two attached hydrogens (primary N) is 1. The van der Waals surface area contributed by atoms with E-state index in [1.54, 1.807) is 13.2 Å². The van der Waals surface area contributed by atoms with E-state index in [9.17, 15) is 9.59 Å². The molecule has 6 nitrogen and oxygen atoms in total. The van der Waals surface area contributed by atoms with Crippen LogP contribution < -0.4 is 11.1 Å². The number of benzene rings is 1. The smallest absolute Gasteiger partial charge is 0.337 e. The number of aromatic carboxylic acids is 1. The Morgan fingerprint density at radius 3 is 2.74 bits per heavy atom. The largest absolute Gasteiger partial charge is 0.478 e. The molecule has 0 heterocycles. The van der Waals surface area contributed by atoms with Crippen LogP contribution in [-0.2, 0) is 9.53 Å². The van der Waals surface area contributed by atoms with Crippen LogP contribution in [0.1, 0.15) is 23.7 Å². The first-order valence-corrected chi connectivity index (χ1v) is 5.85. The number of methoxy groups -OCH3 is 1. The highest BCUT2D eigenvalue weighted by molar-refractivity contribution is 6.01. The third-order valence-electron chi connectivity index (χ3n) is 2.53. The summed E-state index contributed by atoms with van der Waals surface area (Å²) in [6, 6.07) is 4.34. The van der Waals surface area contributed by atoms with Gasteiger partial charge in [0.1, 0.15) is 0 Å². The maximum Gasteiger partial charge on any atom is 0.337 e. The Labute approximate surface area is 111 Å². The maximum atomic E-state index is 11.8. The van der Waals surface area contributed by atoms with Crippen molar-refractivity contribution in [2.75, 3.05) is 24.8 Å². The quantitative estimate of drug-likeness (QED) is 0.678. The molecule has 0 spiro atoms. The molecule has 1 atom stereocenters. The van der Waals surface area contributed by atoms with Crippen LogP contribution in [0.25, 0.3) is 0 Å². The third kappa shape index (κ3) is 4.59. The zero-order chi connectivity index (χ0) is 14.4. The van der Waals surface area contributed by atoms with Crippen molar-refractivity contribution in [3.63, 3.8) is 0 Å². The number of anilines is 2. The SMILES string of the molecule is COCC(C)CC(=O)Nc1ccc(N)cc1C(=O)O. The van der Waals surface area contributed by atoms with Crippen molar-refractivity contribution in [2.45, 2.75) is 13.3 Å². The van der Waals surface area contributed by atoms with E-state index in [0.717, 1.165) is 0 Å². The minimum Gasteiger partial charge on any atom is -0.478 e. The van der Waals surface area contributed by atoms with Crippen LogP contribution in [0.15, 0.2) is 18.2 Å². The van der Waals surface area contributed by atoms with Crippen LogP contribution in [0, 0.1) is 5.92 Å². The van der Waals surface area contributed by atoms with Crippen LogP contribution >= 0.6 is 0 Å². The standard InChI is InChI=1S/C13H18N2O4/c1-8(7-19-2)5-12(16)15-11-4-3-9(14)6-10(11)13(17)18/h3-4,6,8H,5,7,14H2,1-2H3,(H,15,16)(H,17,18). The van der Waals surface area contributed by atoms with E-state index < -0.39 is 5.97 Å². The number of nitrogen functional groups attached to an aromatic ring is 1. The van der Waals surface area contributed by atoms with Gasteiger partial charge in [-0.2, -0.15) is 0 Å². The van der Waals surface area contributed by atoms with E-state index in [2.05, 4.69) is 5.32 Å². The normalized spacial score (nSPS) is 11.9. The molecular weight excluding hydrogens is 248 g/mol. The third-order valence-corrected chi connectivity index (χ3v) is 2.53. The zero-order valence-corrected chi connectivity index (χ0v) is 11.0. The monoisotopic (exact) mass is 266 g/mol. The van der Waals surface area contributed by atoms with E-state index in [-0.39, 0.29) is 29.5 Å². The first-order chi connectivity index (χ1) is 8.93. The molecule has 0 aliphatic rings. The average Bonchev–Trinajstić information content (AvgIpc) is 2.31. The number of carbonyl (C=O) groups is 2. The predicted octanol–water partition coefficient (Wildman–Crippen LogP) is 1.58. The van der Waals surface area contributed by atoms with E-state index in [4.69, 9.17) is 15.6 Å². The van der Waals surface area contributed by atoms with Gasteiger partial charge in [0, 0.05) is 25.8 Å². The van der Waals surface area contributed by atoms with E-state index in [0.29, 0.717) is 12.3 Å². The summed E-state index contributed by atoms with van der Waals surface area (Å²) in [5.74, 6) is -1.32. The fraction of sp³-hybridized carbons (Fsp3) is 0.385. The van der Waals surface area contributed by atoms with Crippen molar-refractivity contribution in [2.24, 2.45) is 5.92 Å². The molecule has 6 heteroatoms. The number of carboxylic acid groups (broad SMARTS) is 1. The summed E-state index contributed by atoms with van der Waals surface area (Å²) in [7, 11) is 1.57. The van der Waals surface area contributed by atoms with Crippen molar-refractivity contribution in [3.05, 3.63) is 23.8 Å². The van der Waals surface area contributed by atoms with Gasteiger partial charge in [0.25, 0.3) is 0 Å². The molecule has 0 saturated heterocycles. The summed E-state index contributed by atoms with van der Waals surface area (Å²) in [5.41, 5.74) is 6.09. The molecule has 0 fully saturated rings. The first-order valence-electron chi connectivity index (χ1n) is 5.85. The molecule has 19 heavy (non-hydrogen) atoms. The van der Waals surface area contributed by atoms with Gasteiger partial charge in [0.05, 0.1) is 11.3 Å². The van der Waals surface area contributed by atoms with Gasteiger partial charge in [0.15, 0.2) is 0 Å². The Balaban J connectivity index is 2.76. The minimum absolute atomic E-state index is 0.0206. The average molecular weight is 266 g/mol. The number of rotatable bonds is 6. The van der Waals surface area contributed by atoms with Crippen molar-refractivity contribution in [3.8, 4) is 0 Å². The van der Waals surface area contributed by atoms with Crippen molar-refractivity contribution < 1.29 is 19.4 Å². The Morgan fingerprint density at radius 2 is 2.16 bits per heavy atom. The fourth-order valence-corrected chi connectivity index (χ4v) is 1.71. The Hall–Kier alpha value is -2.08. The molecule has 1 amide bonds. The lowest BCUT2D eigenvalue weighted by Gasteiger charge is -2.12. The summed E-state index contributed by atoms with van der Waals surface area (Å²) in [6.45, 7) is 2.35. The molecule has 4 N–H and O–H groups in total. The number of hydrogen-bond acceptors (Lipinski definition) is 4. The minimum atomic E-state index is -1.13. The van der Waals surface area contributed by atoms with Gasteiger partial charge >= 0.3 is 5.97 Å². The molecule has 1 unspecified atom stereocenters. The highest BCUT2D eigenvalue weighted by atomic mass is 16.5. The summed E-state index contributed by atoms with van der Waals surface area (Å²) >= 11 is 0. The molecule has 0 aromatic heterocycles. The van der Waals surface area contributed by atoms with Crippen LogP contribution in [0.2, 0.25) is 0 Å². The molecule has 104 valence electrons. The second-order valence-electron chi connectivity index (χ2n) is 4.42. The van der Waals surface area contributed by atoms with Crippen molar-refractivity contribution in [1.29, 1.82) is 0 Å². The second-order valence-corrected chi connectivity index (χ2v) is 4.42. The van der Waals surface area contributed by atoms with Gasteiger partial charge in [-0.25, -0.2) is 4.79 Å². The zero-order valence-electron chi connectivity index (χ0n) is 11.0. The van der Waals surface area contributed by atoms with E-state index in [1.807, 2.05) is 6.92 Å². The second kappa shape index (κ2) is 6.75. The van der Waals surface area contributed by atoms with Crippen molar-refractivity contribution in [1.82, 2.24) is 0 Å². The van der Waals surface area contributed by atoms with Gasteiger partial charge in [-0.3, -0.25) is 4.79 Å². The number of carbonyl (C=O) groups excluding carboxylic acids is 1. The fourth-order valence-electron chi connectivity index (χ4n) is 1.71. The summed E-state index contributed by atoms with van der Waals surface area (Å²) < 4.78 is 4.94. The van der Waals surface area contributed by atoms with Gasteiger partial charge in [-0.15, -0.1) is 0 Å². The summed E-state index contributed by atoms with van der Waals surface area (Å²) in [4.78, 5) is 22.8. The lowest BCUT2D eigenvalue weighted by atomic mass is 10.1. The number of nitrogens with one attached hydrogen (secondary N) is 1. The first kappa shape index (κ1) is 15.0. The lowest BCUT2D eigenvalue weighted by Crippen LogP contribution is -2.19. The Kier molecular flexibility index (Phi) is 5.32. The molecule has 0 bridgehead atoms. The van der Waals surface area contributed by atoms with Crippen molar-refractivity contribution >= 4 is 23.3 Å². The van der Waals surface area contributed by atoms with Crippen LogP contribution in [0.4, 0.5) is 11.4 Å². The van der Waals surface area contributed by atoms with Gasteiger partial charge < -0.3 is 20.9 Å². The van der Waals surface area contributed by atoms with E-state index >= 15 is 0 Å². The number of amides is 1. The number of ether oxygens (including phenoxy) is 1. The lowest BCUT2D eigenvalue weighted by molar-refractivity contribution is -0.117. The van der Waals surface area contributed by atoms with E-state index in [1.165, 1.54) is 12.1 Å². The molecule has 0 radical (unpaired) electrons. The predicted molar refractivity (Wildman–Crippen MR) is 72.1 cm³/mol. The Morgan fingerprint density at radius 1 is 1.47 bits per heavy atom. The van der Waals surface area contributed by atoms with Gasteiger partial charge in [-0.1, -0.05) is 6.92 Å². The van der Waals surface area contributed by atoms with Crippen LogP contribution in [0.3, 0.4) is 0 Å². The number of carboxylic acids is 1. The molecule has 1 rings (SSSR count). The highest BCUT2D eigenvalue weighted by Gasteiger charge is 2.14. The molecule has 0 saturated carbocycles. The molecular formula is C13H18N2O4. The maximum absolute atomic E-state index is 11.8. The molecule has 1 aromatic rings. The van der Waals surface area contributed by atoms with Crippen LogP contribution in [0.5, 0.6) is 0 Å². The Bertz CT molecular complexity index is 474. The molecule has 0 aliphatic carbocycles. The molecule has 0 aliphatic heterocycles. The van der Waals surface area contributed by atoms with Crippen LogP contribution in [-0.4, -0.2) is 30.7 Å². The highest BCUT2D eigenvalue weighted by Crippen LogP contribution is 2.19. The van der Waals surface area contributed by atoms with Gasteiger partial charge in [0.2, 0.25) is 5.91 Å². The summed E-state index contributed by atoms with van der Waals surface area (Å²) in [6.07, 6.45) is 0.261. The van der Waals surface area contributed by atoms with Gasteiger partial charge in [-0.05, 0) is 24.1 Å².